The lowest BCUT2D eigenvalue weighted by Crippen LogP contribution is -2.46. The minimum Gasteiger partial charge on any atom is -0.468 e. The van der Waals surface area contributed by atoms with E-state index in [-0.39, 0.29) is 0 Å². The minimum absolute atomic E-state index is 0.704. The maximum Gasteiger partial charge on any atom is 0.327 e. The van der Waals surface area contributed by atoms with E-state index in [0.717, 1.165) is 27.9 Å². The predicted octanol–water partition coefficient (Wildman–Crippen LogP) is -0.0872. The molecule has 0 aliphatic rings. The summed E-state index contributed by atoms with van der Waals surface area (Å²) in [5.41, 5.74) is -2.00. The Balaban J connectivity index is 5.32. The highest BCUT2D eigenvalue weighted by atomic mass is 16.5. The molecule has 0 aliphatic heterocycles. The molecule has 0 N–H and O–H groups in total. The number of esters is 1. The summed E-state index contributed by atoms with van der Waals surface area (Å²) in [4.78, 5) is 44.5. The first-order chi connectivity index (χ1) is 6.28. The summed E-state index contributed by atoms with van der Waals surface area (Å²) in [7, 11) is 1.05. The number of Topliss-reactive ketones (excluding diaryl/α,β-unsaturated/α-hetero) is 3. The SMILES string of the molecule is COC(=O)C(C)(C(C)=O)C(=O)C(C)=O. The van der Waals surface area contributed by atoms with Crippen molar-refractivity contribution in [2.24, 2.45) is 5.41 Å². The van der Waals surface area contributed by atoms with E-state index >= 15 is 0 Å². The number of carbonyl (C=O) groups is 4. The second-order valence-electron chi connectivity index (χ2n) is 3.06. The number of rotatable bonds is 4. The smallest absolute Gasteiger partial charge is 0.327 e. The van der Waals surface area contributed by atoms with Gasteiger partial charge in [-0.25, -0.2) is 0 Å². The van der Waals surface area contributed by atoms with Crippen LogP contribution in [0.2, 0.25) is 0 Å². The molecule has 0 saturated heterocycles. The number of methoxy groups -OCH3 is 1. The molecule has 0 saturated carbocycles. The van der Waals surface area contributed by atoms with Crippen LogP contribution < -0.4 is 0 Å². The van der Waals surface area contributed by atoms with Crippen molar-refractivity contribution in [2.45, 2.75) is 20.8 Å². The van der Waals surface area contributed by atoms with E-state index in [9.17, 15) is 19.2 Å². The quantitative estimate of drug-likeness (QED) is 0.360. The van der Waals surface area contributed by atoms with Crippen molar-refractivity contribution in [3.63, 3.8) is 0 Å². The van der Waals surface area contributed by atoms with E-state index in [1.807, 2.05) is 0 Å². The van der Waals surface area contributed by atoms with Crippen LogP contribution in [0.3, 0.4) is 0 Å². The summed E-state index contributed by atoms with van der Waals surface area (Å²) in [5.74, 6) is -3.60. The standard InChI is InChI=1S/C9H12O5/c1-5(10)7(12)9(3,6(2)11)8(13)14-4/h1-4H3. The van der Waals surface area contributed by atoms with Gasteiger partial charge in [0.05, 0.1) is 7.11 Å². The number of ketones is 3. The topological polar surface area (TPSA) is 77.5 Å². The van der Waals surface area contributed by atoms with Crippen LogP contribution in [0.25, 0.3) is 0 Å². The molecule has 14 heavy (non-hydrogen) atoms. The summed E-state index contributed by atoms with van der Waals surface area (Å²) in [6.07, 6.45) is 0. The summed E-state index contributed by atoms with van der Waals surface area (Å²) in [6.45, 7) is 3.16. The van der Waals surface area contributed by atoms with Gasteiger partial charge in [0.15, 0.2) is 17.0 Å². The molecule has 1 unspecified atom stereocenters. The molecule has 0 radical (unpaired) electrons. The third-order valence-corrected chi connectivity index (χ3v) is 2.07. The Labute approximate surface area is 81.4 Å². The molecule has 0 spiro atoms. The third-order valence-electron chi connectivity index (χ3n) is 2.07. The van der Waals surface area contributed by atoms with E-state index in [2.05, 4.69) is 4.74 Å². The number of hydrogen-bond acceptors (Lipinski definition) is 5. The van der Waals surface area contributed by atoms with E-state index in [1.54, 1.807) is 0 Å². The van der Waals surface area contributed by atoms with Gasteiger partial charge in [-0.1, -0.05) is 0 Å². The number of carbonyl (C=O) groups excluding carboxylic acids is 4. The first kappa shape index (κ1) is 12.5. The Hall–Kier alpha value is -1.52. The van der Waals surface area contributed by atoms with Crippen LogP contribution in [-0.4, -0.2) is 30.4 Å². The van der Waals surface area contributed by atoms with Crippen LogP contribution in [-0.2, 0) is 23.9 Å². The maximum atomic E-state index is 11.3. The van der Waals surface area contributed by atoms with Gasteiger partial charge < -0.3 is 4.74 Å². The molecule has 78 valence electrons. The molecular weight excluding hydrogens is 188 g/mol. The van der Waals surface area contributed by atoms with Crippen molar-refractivity contribution >= 4 is 23.3 Å². The average molecular weight is 200 g/mol. The lowest BCUT2D eigenvalue weighted by molar-refractivity contribution is -0.162. The first-order valence-corrected chi connectivity index (χ1v) is 3.93. The normalized spacial score (nSPS) is 14.0. The van der Waals surface area contributed by atoms with Crippen LogP contribution in [0.1, 0.15) is 20.8 Å². The van der Waals surface area contributed by atoms with Crippen molar-refractivity contribution in [3.05, 3.63) is 0 Å². The van der Waals surface area contributed by atoms with Gasteiger partial charge in [-0.05, 0) is 13.8 Å². The van der Waals surface area contributed by atoms with Crippen molar-refractivity contribution < 1.29 is 23.9 Å². The van der Waals surface area contributed by atoms with Gasteiger partial charge >= 0.3 is 5.97 Å². The van der Waals surface area contributed by atoms with Gasteiger partial charge in [0.2, 0.25) is 5.78 Å². The Morgan fingerprint density at radius 2 is 1.50 bits per heavy atom. The zero-order valence-electron chi connectivity index (χ0n) is 8.54. The monoisotopic (exact) mass is 200 g/mol. The zero-order valence-corrected chi connectivity index (χ0v) is 8.54. The van der Waals surface area contributed by atoms with Crippen LogP contribution in [0, 0.1) is 5.41 Å². The zero-order chi connectivity index (χ0) is 11.5. The highest BCUT2D eigenvalue weighted by Crippen LogP contribution is 2.21. The van der Waals surface area contributed by atoms with Gasteiger partial charge in [0.25, 0.3) is 0 Å². The van der Waals surface area contributed by atoms with Gasteiger partial charge in [0, 0.05) is 6.92 Å². The summed E-state index contributed by atoms with van der Waals surface area (Å²) in [5, 5.41) is 0. The fourth-order valence-corrected chi connectivity index (χ4v) is 0.952. The molecule has 0 aromatic heterocycles. The number of ether oxygens (including phenoxy) is 1. The van der Waals surface area contributed by atoms with E-state index < -0.39 is 28.7 Å². The van der Waals surface area contributed by atoms with Crippen molar-refractivity contribution in [2.75, 3.05) is 7.11 Å². The van der Waals surface area contributed by atoms with E-state index in [0.29, 0.717) is 0 Å². The molecule has 0 aromatic rings. The van der Waals surface area contributed by atoms with Crippen molar-refractivity contribution in [3.8, 4) is 0 Å². The molecule has 0 aliphatic carbocycles. The molecule has 0 bridgehead atoms. The van der Waals surface area contributed by atoms with Gasteiger partial charge in [0.1, 0.15) is 0 Å². The Morgan fingerprint density at radius 1 is 1.07 bits per heavy atom. The summed E-state index contributed by atoms with van der Waals surface area (Å²) in [6, 6.07) is 0. The van der Waals surface area contributed by atoms with Crippen molar-refractivity contribution in [1.82, 2.24) is 0 Å². The fraction of sp³-hybridized carbons (Fsp3) is 0.556. The summed E-state index contributed by atoms with van der Waals surface area (Å²) < 4.78 is 4.32. The highest BCUT2D eigenvalue weighted by molar-refractivity contribution is 6.47. The largest absolute Gasteiger partial charge is 0.468 e. The fourth-order valence-electron chi connectivity index (χ4n) is 0.952. The Bertz CT molecular complexity index is 304. The lowest BCUT2D eigenvalue weighted by Gasteiger charge is -2.20. The highest BCUT2D eigenvalue weighted by Gasteiger charge is 2.48. The van der Waals surface area contributed by atoms with Crippen LogP contribution >= 0.6 is 0 Å². The molecule has 0 aromatic carbocycles. The average Bonchev–Trinajstić information content (AvgIpc) is 2.13. The summed E-state index contributed by atoms with van der Waals surface area (Å²) >= 11 is 0. The molecule has 0 fully saturated rings. The van der Waals surface area contributed by atoms with Crippen LogP contribution in [0.5, 0.6) is 0 Å². The van der Waals surface area contributed by atoms with Gasteiger partial charge in [-0.15, -0.1) is 0 Å². The second kappa shape index (κ2) is 4.13. The Kier molecular flexibility index (Phi) is 3.68. The van der Waals surface area contributed by atoms with Crippen molar-refractivity contribution in [1.29, 1.82) is 0 Å². The van der Waals surface area contributed by atoms with E-state index in [4.69, 9.17) is 0 Å². The van der Waals surface area contributed by atoms with Gasteiger partial charge in [-0.2, -0.15) is 0 Å². The molecule has 0 amide bonds. The molecular formula is C9H12O5. The van der Waals surface area contributed by atoms with Crippen LogP contribution in [0.15, 0.2) is 0 Å². The minimum atomic E-state index is -2.00. The number of hydrogen-bond donors (Lipinski definition) is 0. The third kappa shape index (κ3) is 1.86. The van der Waals surface area contributed by atoms with Gasteiger partial charge in [-0.3, -0.25) is 19.2 Å². The lowest BCUT2D eigenvalue weighted by atomic mass is 9.80. The Morgan fingerprint density at radius 3 is 1.71 bits per heavy atom. The van der Waals surface area contributed by atoms with Crippen LogP contribution in [0.4, 0.5) is 0 Å². The predicted molar refractivity (Wildman–Crippen MR) is 46.5 cm³/mol. The molecule has 0 heterocycles. The molecule has 5 nitrogen and oxygen atoms in total. The molecule has 1 atom stereocenters. The first-order valence-electron chi connectivity index (χ1n) is 3.93. The maximum absolute atomic E-state index is 11.3. The molecule has 5 heteroatoms. The second-order valence-corrected chi connectivity index (χ2v) is 3.06. The van der Waals surface area contributed by atoms with E-state index in [1.165, 1.54) is 0 Å². The molecule has 0 rings (SSSR count).